The van der Waals surface area contributed by atoms with E-state index in [9.17, 15) is 4.79 Å². The second kappa shape index (κ2) is 7.02. The Kier molecular flexibility index (Phi) is 4.28. The van der Waals surface area contributed by atoms with Crippen LogP contribution in [-0.4, -0.2) is 36.6 Å². The number of ether oxygens (including phenoxy) is 1. The Morgan fingerprint density at radius 1 is 1.13 bits per heavy atom. The van der Waals surface area contributed by atoms with E-state index in [1.165, 1.54) is 6.20 Å². The number of nitrogens with two attached hydrogens (primary N) is 1. The SMILES string of the molecule is Cc1nc2cc(-n3ncc(C(=O)c4cc5c(OC(C)C)cccc5[nH]4)c3N)ccc2[nH]1. The molecule has 5 aromatic rings. The number of ketones is 1. The predicted octanol–water partition coefficient (Wildman–Crippen LogP) is 4.14. The molecule has 0 atom stereocenters. The number of nitrogen functional groups attached to an aromatic ring is 1. The number of aromatic amines is 2. The van der Waals surface area contributed by atoms with Crippen molar-refractivity contribution in [2.45, 2.75) is 26.9 Å². The Bertz CT molecular complexity index is 1440. The first kappa shape index (κ1) is 18.9. The second-order valence-electron chi connectivity index (χ2n) is 7.78. The maximum atomic E-state index is 13.2. The number of hydrogen-bond acceptors (Lipinski definition) is 5. The number of aromatic nitrogens is 5. The molecule has 0 saturated carbocycles. The normalized spacial score (nSPS) is 11.6. The first-order valence-corrected chi connectivity index (χ1v) is 10.0. The molecule has 8 heteroatoms. The van der Waals surface area contributed by atoms with E-state index in [1.54, 1.807) is 10.7 Å². The van der Waals surface area contributed by atoms with Gasteiger partial charge in [0.2, 0.25) is 5.78 Å². The molecule has 0 bridgehead atoms. The largest absolute Gasteiger partial charge is 0.490 e. The highest BCUT2D eigenvalue weighted by Gasteiger charge is 2.21. The Balaban J connectivity index is 1.52. The van der Waals surface area contributed by atoms with Crippen LogP contribution in [0.15, 0.2) is 48.7 Å². The molecule has 0 radical (unpaired) electrons. The van der Waals surface area contributed by atoms with E-state index in [2.05, 4.69) is 20.1 Å². The molecule has 3 heterocycles. The highest BCUT2D eigenvalue weighted by Crippen LogP contribution is 2.29. The van der Waals surface area contributed by atoms with Crippen LogP contribution < -0.4 is 10.5 Å². The zero-order valence-corrected chi connectivity index (χ0v) is 17.4. The molecule has 3 aromatic heterocycles. The van der Waals surface area contributed by atoms with Crippen LogP contribution in [-0.2, 0) is 0 Å². The van der Waals surface area contributed by atoms with Gasteiger partial charge in [0.15, 0.2) is 0 Å². The number of carbonyl (C=O) groups excluding carboxylic acids is 1. The molecule has 0 unspecified atom stereocenters. The monoisotopic (exact) mass is 414 g/mol. The van der Waals surface area contributed by atoms with Crippen LogP contribution in [0.4, 0.5) is 5.82 Å². The molecule has 0 spiro atoms. The van der Waals surface area contributed by atoms with Crippen LogP contribution in [0.2, 0.25) is 0 Å². The van der Waals surface area contributed by atoms with Crippen molar-refractivity contribution in [3.05, 3.63) is 65.7 Å². The molecule has 0 saturated heterocycles. The van der Waals surface area contributed by atoms with Crippen molar-refractivity contribution < 1.29 is 9.53 Å². The topological polar surface area (TPSA) is 115 Å². The minimum atomic E-state index is -0.230. The van der Waals surface area contributed by atoms with Gasteiger partial charge < -0.3 is 20.4 Å². The van der Waals surface area contributed by atoms with Gasteiger partial charge in [-0.2, -0.15) is 5.10 Å². The summed E-state index contributed by atoms with van der Waals surface area (Å²) >= 11 is 0. The van der Waals surface area contributed by atoms with Gasteiger partial charge in [-0.3, -0.25) is 4.79 Å². The molecule has 0 aliphatic heterocycles. The number of imidazole rings is 1. The van der Waals surface area contributed by atoms with E-state index in [-0.39, 0.29) is 17.7 Å². The van der Waals surface area contributed by atoms with Crippen molar-refractivity contribution in [2.24, 2.45) is 0 Å². The van der Waals surface area contributed by atoms with E-state index >= 15 is 0 Å². The summed E-state index contributed by atoms with van der Waals surface area (Å²) in [5.74, 6) is 1.60. The average molecular weight is 414 g/mol. The fraction of sp³-hybridized carbons (Fsp3) is 0.174. The van der Waals surface area contributed by atoms with Gasteiger partial charge in [0.25, 0.3) is 0 Å². The first-order chi connectivity index (χ1) is 14.9. The lowest BCUT2D eigenvalue weighted by atomic mass is 10.1. The van der Waals surface area contributed by atoms with Gasteiger partial charge in [0, 0.05) is 10.9 Å². The number of rotatable bonds is 5. The maximum Gasteiger partial charge on any atom is 0.214 e. The summed E-state index contributed by atoms with van der Waals surface area (Å²) in [5.41, 5.74) is 10.4. The van der Waals surface area contributed by atoms with Gasteiger partial charge >= 0.3 is 0 Å². The zero-order chi connectivity index (χ0) is 21.7. The molecule has 0 aliphatic rings. The molecular weight excluding hydrogens is 392 g/mol. The van der Waals surface area contributed by atoms with Gasteiger partial charge in [-0.15, -0.1) is 0 Å². The Labute approximate surface area is 178 Å². The molecule has 156 valence electrons. The number of hydrogen-bond donors (Lipinski definition) is 3. The molecule has 0 aliphatic carbocycles. The quantitative estimate of drug-likeness (QED) is 0.374. The number of nitrogens with one attached hydrogen (secondary N) is 2. The number of fused-ring (bicyclic) bond motifs is 2. The van der Waals surface area contributed by atoms with Crippen LogP contribution in [0.3, 0.4) is 0 Å². The molecule has 31 heavy (non-hydrogen) atoms. The highest BCUT2D eigenvalue weighted by atomic mass is 16.5. The minimum absolute atomic E-state index is 0.0316. The number of anilines is 1. The summed E-state index contributed by atoms with van der Waals surface area (Å²) < 4.78 is 7.42. The Morgan fingerprint density at radius 2 is 1.97 bits per heavy atom. The van der Waals surface area contributed by atoms with Crippen molar-refractivity contribution in [2.75, 3.05) is 5.73 Å². The summed E-state index contributed by atoms with van der Waals surface area (Å²) in [7, 11) is 0. The predicted molar refractivity (Wildman–Crippen MR) is 120 cm³/mol. The van der Waals surface area contributed by atoms with Crippen molar-refractivity contribution in [3.8, 4) is 11.4 Å². The average Bonchev–Trinajstić information content (AvgIpc) is 3.42. The third kappa shape index (κ3) is 3.22. The van der Waals surface area contributed by atoms with Crippen molar-refractivity contribution in [1.29, 1.82) is 0 Å². The van der Waals surface area contributed by atoms with Crippen LogP contribution in [0.1, 0.15) is 35.7 Å². The van der Waals surface area contributed by atoms with Crippen LogP contribution >= 0.6 is 0 Å². The van der Waals surface area contributed by atoms with E-state index in [0.717, 1.165) is 39.2 Å². The van der Waals surface area contributed by atoms with Crippen molar-refractivity contribution in [3.63, 3.8) is 0 Å². The van der Waals surface area contributed by atoms with Crippen LogP contribution in [0.25, 0.3) is 27.6 Å². The molecule has 4 N–H and O–H groups in total. The van der Waals surface area contributed by atoms with Gasteiger partial charge in [-0.05, 0) is 57.2 Å². The molecule has 0 amide bonds. The standard InChI is InChI=1S/C23H22N6O2/c1-12(2)31-21-6-4-5-17-15(21)10-20(28-17)22(30)16-11-25-29(23(16)24)14-7-8-18-19(9-14)27-13(3)26-18/h4-12,28H,24H2,1-3H3,(H,26,27). The molecule has 8 nitrogen and oxygen atoms in total. The number of benzene rings is 2. The fourth-order valence-electron chi connectivity index (χ4n) is 3.74. The second-order valence-corrected chi connectivity index (χ2v) is 7.78. The zero-order valence-electron chi connectivity index (χ0n) is 17.4. The van der Waals surface area contributed by atoms with Gasteiger partial charge in [0.05, 0.1) is 40.3 Å². The maximum absolute atomic E-state index is 13.2. The summed E-state index contributed by atoms with van der Waals surface area (Å²) in [6.45, 7) is 5.83. The summed E-state index contributed by atoms with van der Waals surface area (Å²) in [4.78, 5) is 24.0. The van der Waals surface area contributed by atoms with Gasteiger partial charge in [-0.25, -0.2) is 9.67 Å². The van der Waals surface area contributed by atoms with E-state index in [0.29, 0.717) is 11.3 Å². The molecule has 2 aromatic carbocycles. The van der Waals surface area contributed by atoms with Gasteiger partial charge in [-0.1, -0.05) is 6.07 Å². The Morgan fingerprint density at radius 3 is 2.77 bits per heavy atom. The minimum Gasteiger partial charge on any atom is -0.490 e. The van der Waals surface area contributed by atoms with Gasteiger partial charge in [0.1, 0.15) is 17.4 Å². The molecule has 5 rings (SSSR count). The number of carbonyl (C=O) groups is 1. The lowest BCUT2D eigenvalue weighted by molar-refractivity contribution is 0.103. The number of H-pyrrole nitrogens is 2. The van der Waals surface area contributed by atoms with Crippen molar-refractivity contribution >= 4 is 33.5 Å². The smallest absolute Gasteiger partial charge is 0.214 e. The summed E-state index contributed by atoms with van der Waals surface area (Å²) in [6, 6.07) is 13.2. The Hall–Kier alpha value is -4.07. The summed E-state index contributed by atoms with van der Waals surface area (Å²) in [5, 5.41) is 5.20. The summed E-state index contributed by atoms with van der Waals surface area (Å²) in [6.07, 6.45) is 1.53. The van der Waals surface area contributed by atoms with E-state index < -0.39 is 0 Å². The van der Waals surface area contributed by atoms with Crippen LogP contribution in [0.5, 0.6) is 5.75 Å². The lowest BCUT2D eigenvalue weighted by Crippen LogP contribution is -2.07. The van der Waals surface area contributed by atoms with Crippen LogP contribution in [0, 0.1) is 6.92 Å². The first-order valence-electron chi connectivity index (χ1n) is 10.0. The third-order valence-corrected chi connectivity index (χ3v) is 5.11. The molecular formula is C23H22N6O2. The fourth-order valence-corrected chi connectivity index (χ4v) is 3.74. The third-order valence-electron chi connectivity index (χ3n) is 5.11. The van der Waals surface area contributed by atoms with E-state index in [4.69, 9.17) is 10.5 Å². The highest BCUT2D eigenvalue weighted by molar-refractivity contribution is 6.13. The van der Waals surface area contributed by atoms with Crippen molar-refractivity contribution in [1.82, 2.24) is 24.7 Å². The number of nitrogens with zero attached hydrogens (tertiary/aromatic N) is 3. The van der Waals surface area contributed by atoms with E-state index in [1.807, 2.05) is 57.2 Å². The molecule has 0 fully saturated rings. The lowest BCUT2D eigenvalue weighted by Gasteiger charge is -2.10. The number of aryl methyl sites for hydroxylation is 1.